The number of H-pyrrole nitrogens is 1. The molecule has 1 heterocycles. The summed E-state index contributed by atoms with van der Waals surface area (Å²) in [7, 11) is 1.47. The van der Waals surface area contributed by atoms with Crippen molar-refractivity contribution in [3.63, 3.8) is 0 Å². The number of urea groups is 1. The predicted molar refractivity (Wildman–Crippen MR) is 77.8 cm³/mol. The Bertz CT molecular complexity index is 635. The molecule has 2 amide bonds. The van der Waals surface area contributed by atoms with Crippen LogP contribution in [0.5, 0.6) is 0 Å². The average molecular weight is 299 g/mol. The summed E-state index contributed by atoms with van der Waals surface area (Å²) < 4.78 is 2.55. The number of amides is 2. The molecule has 0 spiro atoms. The number of benzene rings is 1. The van der Waals surface area contributed by atoms with E-state index in [1.165, 1.54) is 7.05 Å². The van der Waals surface area contributed by atoms with Crippen LogP contribution in [0.15, 0.2) is 29.1 Å². The fraction of sp³-hybridized carbons (Fsp3) is 0.0909. The van der Waals surface area contributed by atoms with Gasteiger partial charge in [0.15, 0.2) is 0 Å². The van der Waals surface area contributed by atoms with Crippen LogP contribution in [-0.4, -0.2) is 17.5 Å². The van der Waals surface area contributed by atoms with E-state index >= 15 is 0 Å². The zero-order valence-electron chi connectivity index (χ0n) is 9.91. The van der Waals surface area contributed by atoms with Gasteiger partial charge in [-0.2, -0.15) is 0 Å². The molecule has 0 aliphatic heterocycles. The third kappa shape index (κ3) is 3.27. The number of anilines is 3. The van der Waals surface area contributed by atoms with Gasteiger partial charge in [-0.05, 0) is 35.8 Å². The van der Waals surface area contributed by atoms with Gasteiger partial charge in [0.1, 0.15) is 10.7 Å². The Morgan fingerprint density at radius 3 is 2.63 bits per heavy atom. The second kappa shape index (κ2) is 5.77. The van der Waals surface area contributed by atoms with Crippen molar-refractivity contribution in [1.29, 1.82) is 0 Å². The van der Waals surface area contributed by atoms with E-state index < -0.39 is 6.03 Å². The summed E-state index contributed by atoms with van der Waals surface area (Å²) in [5, 5.41) is 9.04. The van der Waals surface area contributed by atoms with Crippen LogP contribution < -0.4 is 21.5 Å². The van der Waals surface area contributed by atoms with E-state index in [4.69, 9.17) is 11.6 Å². The van der Waals surface area contributed by atoms with Gasteiger partial charge in [0.2, 0.25) is 0 Å². The molecule has 100 valence electrons. The van der Waals surface area contributed by atoms with E-state index in [0.29, 0.717) is 10.0 Å². The first-order valence-electron chi connectivity index (χ1n) is 5.33. The lowest BCUT2D eigenvalue weighted by Gasteiger charge is -2.07. The van der Waals surface area contributed by atoms with E-state index in [2.05, 4.69) is 20.3 Å². The Labute approximate surface area is 117 Å². The molecule has 0 saturated carbocycles. The van der Waals surface area contributed by atoms with Gasteiger partial charge in [0, 0.05) is 17.8 Å². The number of hydrogen-bond donors (Lipinski definition) is 4. The van der Waals surface area contributed by atoms with E-state index in [1.54, 1.807) is 24.3 Å². The topological polar surface area (TPSA) is 86.0 Å². The quantitative estimate of drug-likeness (QED) is 0.702. The van der Waals surface area contributed by atoms with Crippen molar-refractivity contribution in [2.45, 2.75) is 0 Å². The minimum atomic E-state index is -0.456. The molecule has 2 aromatic rings. The molecule has 19 heavy (non-hydrogen) atoms. The molecule has 0 fully saturated rings. The Kier molecular flexibility index (Phi) is 4.08. The number of aromatic amines is 1. The summed E-state index contributed by atoms with van der Waals surface area (Å²) in [6.45, 7) is 0. The third-order valence-corrected chi connectivity index (χ3v) is 3.32. The van der Waals surface area contributed by atoms with Crippen molar-refractivity contribution in [2.24, 2.45) is 0 Å². The predicted octanol–water partition coefficient (Wildman–Crippen LogP) is 2.58. The lowest BCUT2D eigenvalue weighted by molar-refractivity contribution is 0.254. The SMILES string of the molecule is CNC(=O)Nc1c(Nc2ccc(Cl)cc2)s[nH]c1=O. The molecule has 6 nitrogen and oxygen atoms in total. The van der Waals surface area contributed by atoms with Gasteiger partial charge in [0.25, 0.3) is 5.56 Å². The van der Waals surface area contributed by atoms with Gasteiger partial charge < -0.3 is 16.0 Å². The average Bonchev–Trinajstić information content (AvgIpc) is 2.74. The Morgan fingerprint density at radius 1 is 1.32 bits per heavy atom. The van der Waals surface area contributed by atoms with Crippen molar-refractivity contribution in [3.8, 4) is 0 Å². The Balaban J connectivity index is 2.23. The fourth-order valence-electron chi connectivity index (χ4n) is 1.34. The van der Waals surface area contributed by atoms with Crippen molar-refractivity contribution >= 4 is 45.5 Å². The van der Waals surface area contributed by atoms with Gasteiger partial charge in [0.05, 0.1) is 0 Å². The maximum absolute atomic E-state index is 11.6. The monoisotopic (exact) mass is 298 g/mol. The number of hydrogen-bond acceptors (Lipinski definition) is 4. The zero-order chi connectivity index (χ0) is 13.8. The molecule has 2 rings (SSSR count). The normalized spacial score (nSPS) is 10.0. The van der Waals surface area contributed by atoms with Crippen LogP contribution in [0.1, 0.15) is 0 Å². The van der Waals surface area contributed by atoms with Crippen LogP contribution in [0.25, 0.3) is 0 Å². The summed E-state index contributed by atoms with van der Waals surface area (Å²) in [5.74, 6) is 0. The molecule has 0 saturated heterocycles. The molecular formula is C11H11ClN4O2S. The summed E-state index contributed by atoms with van der Waals surface area (Å²) in [6.07, 6.45) is 0. The van der Waals surface area contributed by atoms with Crippen molar-refractivity contribution in [2.75, 3.05) is 17.7 Å². The van der Waals surface area contributed by atoms with E-state index in [0.717, 1.165) is 17.2 Å². The van der Waals surface area contributed by atoms with Crippen LogP contribution in [-0.2, 0) is 0 Å². The largest absolute Gasteiger partial charge is 0.344 e. The van der Waals surface area contributed by atoms with Crippen LogP contribution in [0.3, 0.4) is 0 Å². The molecule has 4 N–H and O–H groups in total. The number of halogens is 1. The van der Waals surface area contributed by atoms with Crippen LogP contribution >= 0.6 is 23.1 Å². The highest BCUT2D eigenvalue weighted by Crippen LogP contribution is 2.26. The van der Waals surface area contributed by atoms with Gasteiger partial charge in [-0.3, -0.25) is 9.17 Å². The maximum atomic E-state index is 11.6. The Morgan fingerprint density at radius 2 is 2.00 bits per heavy atom. The molecule has 8 heteroatoms. The summed E-state index contributed by atoms with van der Waals surface area (Å²) in [6, 6.07) is 6.55. The van der Waals surface area contributed by atoms with Crippen molar-refractivity contribution in [1.82, 2.24) is 9.69 Å². The number of aromatic nitrogens is 1. The first kappa shape index (κ1) is 13.4. The first-order chi connectivity index (χ1) is 9.10. The highest BCUT2D eigenvalue weighted by molar-refractivity contribution is 7.11. The molecule has 0 radical (unpaired) electrons. The summed E-state index contributed by atoms with van der Waals surface area (Å²) in [4.78, 5) is 22.9. The molecule has 0 aliphatic carbocycles. The van der Waals surface area contributed by atoms with E-state index in [-0.39, 0.29) is 11.2 Å². The van der Waals surface area contributed by atoms with Gasteiger partial charge in [-0.15, -0.1) is 0 Å². The Hall–Kier alpha value is -1.99. The van der Waals surface area contributed by atoms with Crippen LogP contribution in [0.2, 0.25) is 5.02 Å². The van der Waals surface area contributed by atoms with E-state index in [9.17, 15) is 9.59 Å². The second-order valence-electron chi connectivity index (χ2n) is 3.57. The van der Waals surface area contributed by atoms with Gasteiger partial charge in [-0.25, -0.2) is 4.79 Å². The highest BCUT2D eigenvalue weighted by Gasteiger charge is 2.13. The van der Waals surface area contributed by atoms with Gasteiger partial charge in [-0.1, -0.05) is 11.6 Å². The second-order valence-corrected chi connectivity index (χ2v) is 4.83. The van der Waals surface area contributed by atoms with Crippen molar-refractivity contribution in [3.05, 3.63) is 39.6 Å². The first-order valence-corrected chi connectivity index (χ1v) is 6.52. The highest BCUT2D eigenvalue weighted by atomic mass is 35.5. The van der Waals surface area contributed by atoms with Crippen LogP contribution in [0.4, 0.5) is 21.2 Å². The molecule has 1 aromatic heterocycles. The number of carbonyl (C=O) groups is 1. The van der Waals surface area contributed by atoms with E-state index in [1.807, 2.05) is 0 Å². The zero-order valence-corrected chi connectivity index (χ0v) is 11.5. The lowest BCUT2D eigenvalue weighted by atomic mass is 10.3. The van der Waals surface area contributed by atoms with Gasteiger partial charge >= 0.3 is 6.03 Å². The third-order valence-electron chi connectivity index (χ3n) is 2.27. The standard InChI is InChI=1S/C11H11ClN4O2S/c1-13-11(18)15-8-9(17)16-19-10(8)14-7-4-2-6(12)3-5-7/h2-5,14H,1H3,(H,16,17)(H2,13,15,18). The molecule has 0 unspecified atom stereocenters. The lowest BCUT2D eigenvalue weighted by Crippen LogP contribution is -2.27. The molecule has 1 aromatic carbocycles. The fourth-order valence-corrected chi connectivity index (χ4v) is 2.18. The molecule has 0 aliphatic rings. The minimum absolute atomic E-state index is 0.180. The smallest absolute Gasteiger partial charge is 0.319 e. The summed E-state index contributed by atoms with van der Waals surface area (Å²) >= 11 is 6.89. The molecule has 0 atom stereocenters. The maximum Gasteiger partial charge on any atom is 0.319 e. The van der Waals surface area contributed by atoms with Crippen LogP contribution in [0, 0.1) is 0 Å². The van der Waals surface area contributed by atoms with Crippen molar-refractivity contribution < 1.29 is 4.79 Å². The summed E-state index contributed by atoms with van der Waals surface area (Å²) in [5.41, 5.74) is 0.587. The minimum Gasteiger partial charge on any atom is -0.344 e. The molecule has 0 bridgehead atoms. The molecular weight excluding hydrogens is 288 g/mol. The number of carbonyl (C=O) groups excluding carboxylic acids is 1. The number of rotatable bonds is 3. The number of nitrogens with one attached hydrogen (secondary N) is 4.